The number of furan rings is 1. The van der Waals surface area contributed by atoms with E-state index in [1.54, 1.807) is 0 Å². The van der Waals surface area contributed by atoms with Gasteiger partial charge >= 0.3 is 0 Å². The Morgan fingerprint density at radius 3 is 2.48 bits per heavy atom. The first kappa shape index (κ1) is 19.6. The quantitative estimate of drug-likeness (QED) is 0.756. The molecule has 1 aliphatic rings. The zero-order valence-corrected chi connectivity index (χ0v) is 16.3. The predicted molar refractivity (Wildman–Crippen MR) is 103 cm³/mol. The number of sulfonamides is 1. The smallest absolute Gasteiger partial charge is 0.287 e. The third kappa shape index (κ3) is 4.99. The van der Waals surface area contributed by atoms with Crippen LogP contribution in [0.25, 0.3) is 0 Å². The van der Waals surface area contributed by atoms with Gasteiger partial charge in [0.25, 0.3) is 15.9 Å². The largest absolute Gasteiger partial charge is 0.438 e. The van der Waals surface area contributed by atoms with Crippen molar-refractivity contribution in [2.75, 3.05) is 7.05 Å². The topological polar surface area (TPSA) is 88.4 Å². The Morgan fingerprint density at radius 1 is 1.11 bits per heavy atom. The molecule has 7 heteroatoms. The standard InChI is InChI=1S/C20H26N2O4S/c1-21-27(24,25)19-13-12-18(26-19)20(23)22-17(16-10-6-3-7-11-16)14-15-8-4-2-5-9-15/h3,6-7,10-13,15,17,21H,2,4-5,8-9,14H2,1H3,(H,22,23). The van der Waals surface area contributed by atoms with Crippen molar-refractivity contribution in [2.45, 2.75) is 49.7 Å². The highest BCUT2D eigenvalue weighted by molar-refractivity contribution is 7.89. The number of rotatable bonds is 7. The molecule has 1 fully saturated rings. The summed E-state index contributed by atoms with van der Waals surface area (Å²) in [6.45, 7) is 0. The highest BCUT2D eigenvalue weighted by Gasteiger charge is 2.24. The molecule has 27 heavy (non-hydrogen) atoms. The van der Waals surface area contributed by atoms with Gasteiger partial charge in [-0.1, -0.05) is 62.4 Å². The first-order valence-electron chi connectivity index (χ1n) is 9.39. The Morgan fingerprint density at radius 2 is 1.81 bits per heavy atom. The number of hydrogen-bond acceptors (Lipinski definition) is 4. The molecule has 1 heterocycles. The van der Waals surface area contributed by atoms with Gasteiger partial charge in [-0.2, -0.15) is 0 Å². The molecule has 1 saturated carbocycles. The van der Waals surface area contributed by atoms with Crippen LogP contribution in [0, 0.1) is 5.92 Å². The van der Waals surface area contributed by atoms with Crippen molar-refractivity contribution in [3.8, 4) is 0 Å². The van der Waals surface area contributed by atoms with E-state index < -0.39 is 15.9 Å². The first-order chi connectivity index (χ1) is 13.0. The lowest BCUT2D eigenvalue weighted by Gasteiger charge is -2.27. The fraction of sp³-hybridized carbons (Fsp3) is 0.450. The van der Waals surface area contributed by atoms with Crippen LogP contribution in [-0.4, -0.2) is 21.4 Å². The van der Waals surface area contributed by atoms with Gasteiger partial charge in [-0.15, -0.1) is 0 Å². The molecular weight excluding hydrogens is 364 g/mol. The Kier molecular flexibility index (Phi) is 6.34. The zero-order chi connectivity index (χ0) is 19.3. The van der Waals surface area contributed by atoms with Crippen LogP contribution in [0.3, 0.4) is 0 Å². The van der Waals surface area contributed by atoms with Crippen LogP contribution in [-0.2, 0) is 10.0 Å². The van der Waals surface area contributed by atoms with E-state index in [0.717, 1.165) is 12.0 Å². The van der Waals surface area contributed by atoms with Crippen molar-refractivity contribution < 1.29 is 17.6 Å². The predicted octanol–water partition coefficient (Wildman–Crippen LogP) is 3.63. The van der Waals surface area contributed by atoms with Crippen molar-refractivity contribution in [2.24, 2.45) is 5.92 Å². The van der Waals surface area contributed by atoms with Crippen molar-refractivity contribution in [3.63, 3.8) is 0 Å². The van der Waals surface area contributed by atoms with Gasteiger partial charge in [0.2, 0.25) is 5.09 Å². The van der Waals surface area contributed by atoms with Crippen LogP contribution in [0.5, 0.6) is 0 Å². The van der Waals surface area contributed by atoms with E-state index in [4.69, 9.17) is 4.42 Å². The molecule has 0 spiro atoms. The van der Waals surface area contributed by atoms with Gasteiger partial charge in [0, 0.05) is 0 Å². The average molecular weight is 391 g/mol. The SMILES string of the molecule is CNS(=O)(=O)c1ccc(C(=O)NC(CC2CCCCC2)c2ccccc2)o1. The number of carbonyl (C=O) groups excluding carboxylic acids is 1. The fourth-order valence-electron chi connectivity index (χ4n) is 3.64. The van der Waals surface area contributed by atoms with Crippen LogP contribution in [0.2, 0.25) is 0 Å². The number of hydrogen-bond donors (Lipinski definition) is 2. The van der Waals surface area contributed by atoms with E-state index in [2.05, 4.69) is 10.0 Å². The third-order valence-electron chi connectivity index (χ3n) is 5.14. The molecule has 1 amide bonds. The lowest BCUT2D eigenvalue weighted by atomic mass is 9.83. The van der Waals surface area contributed by atoms with Gasteiger partial charge in [-0.05, 0) is 37.1 Å². The van der Waals surface area contributed by atoms with Gasteiger partial charge in [0.15, 0.2) is 5.76 Å². The van der Waals surface area contributed by atoms with E-state index in [-0.39, 0.29) is 16.9 Å². The van der Waals surface area contributed by atoms with E-state index in [9.17, 15) is 13.2 Å². The van der Waals surface area contributed by atoms with Crippen LogP contribution in [0.1, 0.15) is 60.7 Å². The van der Waals surface area contributed by atoms with Crippen molar-refractivity contribution in [1.82, 2.24) is 10.0 Å². The third-order valence-corrected chi connectivity index (χ3v) is 6.43. The summed E-state index contributed by atoms with van der Waals surface area (Å²) in [5.41, 5.74) is 1.05. The van der Waals surface area contributed by atoms with Crippen molar-refractivity contribution in [3.05, 3.63) is 53.8 Å². The first-order valence-corrected chi connectivity index (χ1v) is 10.9. The second-order valence-electron chi connectivity index (χ2n) is 7.00. The van der Waals surface area contributed by atoms with Gasteiger partial charge < -0.3 is 9.73 Å². The number of amides is 1. The molecule has 0 radical (unpaired) electrons. The van der Waals surface area contributed by atoms with E-state index in [1.165, 1.54) is 51.3 Å². The Balaban J connectivity index is 1.76. The Labute approximate surface area is 160 Å². The summed E-state index contributed by atoms with van der Waals surface area (Å²) < 4.78 is 31.1. The highest BCUT2D eigenvalue weighted by atomic mass is 32.2. The average Bonchev–Trinajstić information content (AvgIpc) is 3.20. The normalized spacial score (nSPS) is 16.8. The molecule has 0 aliphatic heterocycles. The van der Waals surface area contributed by atoms with Crippen LogP contribution >= 0.6 is 0 Å². The molecule has 2 aromatic rings. The molecule has 146 valence electrons. The summed E-state index contributed by atoms with van der Waals surface area (Å²) in [6.07, 6.45) is 7.01. The maximum Gasteiger partial charge on any atom is 0.287 e. The van der Waals surface area contributed by atoms with Crippen LogP contribution in [0.15, 0.2) is 52.0 Å². The maximum atomic E-state index is 12.7. The van der Waals surface area contributed by atoms with Gasteiger partial charge in [-0.25, -0.2) is 13.1 Å². The zero-order valence-electron chi connectivity index (χ0n) is 15.5. The maximum absolute atomic E-state index is 12.7. The molecule has 2 N–H and O–H groups in total. The second-order valence-corrected chi connectivity index (χ2v) is 8.82. The van der Waals surface area contributed by atoms with E-state index in [0.29, 0.717) is 5.92 Å². The molecule has 0 saturated heterocycles. The summed E-state index contributed by atoms with van der Waals surface area (Å²) in [5, 5.41) is 2.77. The second kappa shape index (κ2) is 8.71. The molecule has 1 aromatic heterocycles. The van der Waals surface area contributed by atoms with E-state index in [1.807, 2.05) is 30.3 Å². The number of benzene rings is 1. The Hall–Kier alpha value is -2.12. The summed E-state index contributed by atoms with van der Waals surface area (Å²) >= 11 is 0. The van der Waals surface area contributed by atoms with Gasteiger partial charge in [0.05, 0.1) is 6.04 Å². The van der Waals surface area contributed by atoms with Crippen LogP contribution in [0.4, 0.5) is 0 Å². The summed E-state index contributed by atoms with van der Waals surface area (Å²) in [4.78, 5) is 12.7. The molecule has 3 rings (SSSR count). The highest BCUT2D eigenvalue weighted by Crippen LogP contribution is 2.32. The minimum atomic E-state index is -3.71. The van der Waals surface area contributed by atoms with Crippen molar-refractivity contribution in [1.29, 1.82) is 0 Å². The minimum Gasteiger partial charge on any atom is -0.438 e. The molecule has 1 aliphatic carbocycles. The molecule has 6 nitrogen and oxygen atoms in total. The molecule has 1 unspecified atom stereocenters. The van der Waals surface area contributed by atoms with Gasteiger partial charge in [-0.3, -0.25) is 4.79 Å². The summed E-state index contributed by atoms with van der Waals surface area (Å²) in [5.74, 6) is 0.173. The van der Waals surface area contributed by atoms with Gasteiger partial charge in [0.1, 0.15) is 0 Å². The van der Waals surface area contributed by atoms with Crippen molar-refractivity contribution >= 4 is 15.9 Å². The number of nitrogens with one attached hydrogen (secondary N) is 2. The summed E-state index contributed by atoms with van der Waals surface area (Å²) in [6, 6.07) is 12.4. The monoisotopic (exact) mass is 390 g/mol. The van der Waals surface area contributed by atoms with Crippen LogP contribution < -0.4 is 10.0 Å². The molecule has 1 atom stereocenters. The minimum absolute atomic E-state index is 0.00611. The fourth-order valence-corrected chi connectivity index (χ4v) is 4.28. The molecule has 1 aromatic carbocycles. The van der Waals surface area contributed by atoms with E-state index >= 15 is 0 Å². The lowest BCUT2D eigenvalue weighted by Crippen LogP contribution is -2.30. The Bertz CT molecular complexity index is 855. The molecular formula is C20H26N2O4S. The molecule has 0 bridgehead atoms. The number of carbonyl (C=O) groups is 1. The summed E-state index contributed by atoms with van der Waals surface area (Å²) in [7, 11) is -2.41. The lowest BCUT2D eigenvalue weighted by molar-refractivity contribution is 0.0895.